The van der Waals surface area contributed by atoms with E-state index in [9.17, 15) is 9.59 Å². The average molecular weight is 345 g/mol. The normalized spacial score (nSPS) is 49.7. The molecule has 1 heterocycles. The van der Waals surface area contributed by atoms with Crippen molar-refractivity contribution in [3.05, 3.63) is 10.5 Å². The summed E-state index contributed by atoms with van der Waals surface area (Å²) in [6, 6.07) is 0. The Bertz CT molecular complexity index is 665. The summed E-state index contributed by atoms with van der Waals surface area (Å²) in [7, 11) is 0. The fourth-order valence-corrected chi connectivity index (χ4v) is 9.38. The summed E-state index contributed by atoms with van der Waals surface area (Å²) in [4.78, 5) is 25.9. The van der Waals surface area contributed by atoms with E-state index < -0.39 is 0 Å². The van der Waals surface area contributed by atoms with E-state index in [1.807, 2.05) is 6.92 Å². The molecule has 0 spiro atoms. The van der Waals surface area contributed by atoms with Crippen molar-refractivity contribution in [2.24, 2.45) is 34.5 Å². The fraction of sp³-hybridized carbons (Fsp3) is 0.810. The highest BCUT2D eigenvalue weighted by molar-refractivity contribution is 8.03. The highest BCUT2D eigenvalue weighted by Gasteiger charge is 2.63. The summed E-state index contributed by atoms with van der Waals surface area (Å²) in [5.41, 5.74) is 2.16. The molecule has 0 radical (unpaired) electrons. The molecule has 2 nitrogen and oxygen atoms in total. The first-order valence-electron chi connectivity index (χ1n) is 9.83. The number of hydrogen-bond donors (Lipinski definition) is 0. The van der Waals surface area contributed by atoms with Gasteiger partial charge in [0.15, 0.2) is 0 Å². The van der Waals surface area contributed by atoms with Gasteiger partial charge in [-0.15, -0.1) is 11.8 Å². The van der Waals surface area contributed by atoms with Gasteiger partial charge in [-0.2, -0.15) is 0 Å². The molecule has 5 aliphatic rings. The Morgan fingerprint density at radius 3 is 2.79 bits per heavy atom. The minimum atomic E-state index is 0.246. The molecule has 4 aliphatic carbocycles. The maximum atomic E-state index is 12.2. The quantitative estimate of drug-likeness (QED) is 0.686. The summed E-state index contributed by atoms with van der Waals surface area (Å²) in [5.74, 6) is 4.72. The number of allylic oxidation sites excluding steroid dienone is 2. The zero-order chi connectivity index (χ0) is 16.7. The Hall–Kier alpha value is -0.570. The molecule has 0 aromatic rings. The number of thioether (sulfide) groups is 1. The van der Waals surface area contributed by atoms with Gasteiger partial charge in [0.2, 0.25) is 0 Å². The number of fused-ring (bicyclic) bond motifs is 3. The number of ketones is 2. The molecule has 130 valence electrons. The Balaban J connectivity index is 1.54. The number of carbonyl (C=O) groups excluding carboxylic acids is 2. The smallest absolute Gasteiger partial charge is 0.137 e. The Kier molecular flexibility index (Phi) is 3.26. The van der Waals surface area contributed by atoms with Crippen LogP contribution in [0.15, 0.2) is 10.5 Å². The first-order chi connectivity index (χ1) is 11.5. The number of Topliss-reactive ketones (excluding diaryl/α,β-unsaturated/α-hetero) is 2. The van der Waals surface area contributed by atoms with Gasteiger partial charge in [-0.25, -0.2) is 0 Å². The van der Waals surface area contributed by atoms with Gasteiger partial charge in [-0.05, 0) is 79.1 Å². The molecule has 2 bridgehead atoms. The van der Waals surface area contributed by atoms with Gasteiger partial charge in [-0.3, -0.25) is 9.59 Å². The largest absolute Gasteiger partial charge is 0.300 e. The van der Waals surface area contributed by atoms with Crippen molar-refractivity contribution in [2.75, 3.05) is 5.75 Å². The van der Waals surface area contributed by atoms with Crippen LogP contribution in [0.2, 0.25) is 0 Å². The van der Waals surface area contributed by atoms with Gasteiger partial charge < -0.3 is 0 Å². The summed E-state index contributed by atoms with van der Waals surface area (Å²) < 4.78 is 0. The third-order valence-electron chi connectivity index (χ3n) is 8.72. The van der Waals surface area contributed by atoms with E-state index >= 15 is 0 Å². The monoisotopic (exact) mass is 344 g/mol. The SMILES string of the molecule is CC(=O)[C@H]1CCC2C3CC4=C5CC(=O)CC[C@]5(CS4)C3CC[C@@]21C. The van der Waals surface area contributed by atoms with Crippen molar-refractivity contribution >= 4 is 23.3 Å². The van der Waals surface area contributed by atoms with Gasteiger partial charge in [0.05, 0.1) is 0 Å². The van der Waals surface area contributed by atoms with Crippen LogP contribution in [-0.4, -0.2) is 17.3 Å². The van der Waals surface area contributed by atoms with Crippen LogP contribution in [0.3, 0.4) is 0 Å². The topological polar surface area (TPSA) is 34.1 Å². The minimum Gasteiger partial charge on any atom is -0.300 e. The first-order valence-corrected chi connectivity index (χ1v) is 10.8. The molecule has 1 aliphatic heterocycles. The van der Waals surface area contributed by atoms with E-state index in [0.29, 0.717) is 22.9 Å². The second kappa shape index (κ2) is 4.99. The Morgan fingerprint density at radius 2 is 2.00 bits per heavy atom. The molecule has 3 unspecified atom stereocenters. The summed E-state index contributed by atoms with van der Waals surface area (Å²) in [5, 5.41) is 0. The summed E-state index contributed by atoms with van der Waals surface area (Å²) in [6.45, 7) is 4.24. The van der Waals surface area contributed by atoms with Crippen molar-refractivity contribution < 1.29 is 9.59 Å². The molecule has 3 fully saturated rings. The number of rotatable bonds is 1. The maximum Gasteiger partial charge on any atom is 0.137 e. The summed E-state index contributed by atoms with van der Waals surface area (Å²) >= 11 is 2.08. The molecule has 5 rings (SSSR count). The minimum absolute atomic E-state index is 0.246. The zero-order valence-corrected chi connectivity index (χ0v) is 15.7. The van der Waals surface area contributed by atoms with Crippen molar-refractivity contribution in [3.63, 3.8) is 0 Å². The van der Waals surface area contributed by atoms with E-state index in [4.69, 9.17) is 0 Å². The standard InChI is InChI=1S/C21H28O2S/c1-12(22)15-3-4-16-14-10-19-18-9-13(23)5-8-21(18,11-24-19)17(14)6-7-20(15,16)2/h14-17H,3-11H2,1-2H3/t14?,15-,16?,17?,20-,21+/m1/s1. The van der Waals surface area contributed by atoms with Crippen LogP contribution in [0.25, 0.3) is 0 Å². The van der Waals surface area contributed by atoms with Gasteiger partial charge >= 0.3 is 0 Å². The lowest BCUT2D eigenvalue weighted by Crippen LogP contribution is -2.51. The predicted octanol–water partition coefficient (Wildman–Crippen LogP) is 4.78. The van der Waals surface area contributed by atoms with Crippen LogP contribution in [0, 0.1) is 34.5 Å². The fourth-order valence-electron chi connectivity index (χ4n) is 7.65. The lowest BCUT2D eigenvalue weighted by Gasteiger charge is -2.56. The van der Waals surface area contributed by atoms with E-state index in [1.165, 1.54) is 31.4 Å². The molecule has 0 aromatic heterocycles. The van der Waals surface area contributed by atoms with Crippen LogP contribution in [0.4, 0.5) is 0 Å². The second-order valence-electron chi connectivity index (χ2n) is 9.43. The second-order valence-corrected chi connectivity index (χ2v) is 10.5. The molecule has 0 N–H and O–H groups in total. The van der Waals surface area contributed by atoms with Crippen LogP contribution in [0.1, 0.15) is 65.2 Å². The van der Waals surface area contributed by atoms with Crippen molar-refractivity contribution in [2.45, 2.75) is 65.2 Å². The van der Waals surface area contributed by atoms with Crippen LogP contribution < -0.4 is 0 Å². The van der Waals surface area contributed by atoms with Gasteiger partial charge in [0, 0.05) is 29.9 Å². The zero-order valence-electron chi connectivity index (χ0n) is 14.9. The molecule has 0 amide bonds. The Morgan fingerprint density at radius 1 is 1.17 bits per heavy atom. The van der Waals surface area contributed by atoms with Crippen molar-refractivity contribution in [3.8, 4) is 0 Å². The third-order valence-corrected chi connectivity index (χ3v) is 10.1. The lowest BCUT2D eigenvalue weighted by atomic mass is 9.47. The van der Waals surface area contributed by atoms with Gasteiger partial charge in [0.1, 0.15) is 11.6 Å². The van der Waals surface area contributed by atoms with Gasteiger partial charge in [0.25, 0.3) is 0 Å². The van der Waals surface area contributed by atoms with Crippen LogP contribution >= 0.6 is 11.8 Å². The maximum absolute atomic E-state index is 12.2. The molecule has 3 heteroatoms. The number of hydrogen-bond acceptors (Lipinski definition) is 3. The van der Waals surface area contributed by atoms with E-state index in [-0.39, 0.29) is 5.41 Å². The highest BCUT2D eigenvalue weighted by Crippen LogP contribution is 2.71. The third kappa shape index (κ3) is 1.80. The molecule has 24 heavy (non-hydrogen) atoms. The lowest BCUT2D eigenvalue weighted by molar-refractivity contribution is -0.128. The number of carbonyl (C=O) groups is 2. The molecule has 3 saturated carbocycles. The molecule has 6 atom stereocenters. The molecule has 0 aromatic carbocycles. The van der Waals surface area contributed by atoms with E-state index in [2.05, 4.69) is 18.7 Å². The van der Waals surface area contributed by atoms with Crippen molar-refractivity contribution in [1.82, 2.24) is 0 Å². The van der Waals surface area contributed by atoms with Crippen LogP contribution in [-0.2, 0) is 9.59 Å². The van der Waals surface area contributed by atoms with Crippen LogP contribution in [0.5, 0.6) is 0 Å². The predicted molar refractivity (Wildman–Crippen MR) is 96.6 cm³/mol. The Labute approximate surface area is 149 Å². The van der Waals surface area contributed by atoms with Crippen molar-refractivity contribution in [1.29, 1.82) is 0 Å². The molecule has 0 saturated heterocycles. The van der Waals surface area contributed by atoms with E-state index in [0.717, 1.165) is 43.4 Å². The van der Waals surface area contributed by atoms with E-state index in [1.54, 1.807) is 10.5 Å². The molecular weight excluding hydrogens is 316 g/mol. The average Bonchev–Trinajstić information content (AvgIpc) is 3.02. The van der Waals surface area contributed by atoms with Gasteiger partial charge in [-0.1, -0.05) is 6.92 Å². The first kappa shape index (κ1) is 15.7. The molecular formula is C21H28O2S. The summed E-state index contributed by atoms with van der Waals surface area (Å²) in [6.07, 6.45) is 8.76. The highest BCUT2D eigenvalue weighted by atomic mass is 32.2.